The highest BCUT2D eigenvalue weighted by atomic mass is 32.2. The van der Waals surface area contributed by atoms with Gasteiger partial charge in [-0.2, -0.15) is 0 Å². The number of benzene rings is 2. The van der Waals surface area contributed by atoms with E-state index in [2.05, 4.69) is 15.4 Å². The summed E-state index contributed by atoms with van der Waals surface area (Å²) in [6.45, 7) is 3.45. The van der Waals surface area contributed by atoms with E-state index < -0.39 is 21.7 Å². The third-order valence-electron chi connectivity index (χ3n) is 4.54. The molecule has 1 aliphatic rings. The van der Waals surface area contributed by atoms with Gasteiger partial charge >= 0.3 is 0 Å². The largest absolute Gasteiger partial charge is 0.326 e. The normalized spacial score (nSPS) is 15.7. The summed E-state index contributed by atoms with van der Waals surface area (Å²) in [6, 6.07) is 8.07. The lowest BCUT2D eigenvalue weighted by Crippen LogP contribution is -2.48. The molecule has 27 heavy (non-hydrogen) atoms. The van der Waals surface area contributed by atoms with Gasteiger partial charge in [-0.15, -0.1) is 0 Å². The Bertz CT molecular complexity index is 945. The molecule has 1 aliphatic heterocycles. The van der Waals surface area contributed by atoms with Crippen molar-refractivity contribution in [3.8, 4) is 0 Å². The van der Waals surface area contributed by atoms with Crippen molar-refractivity contribution in [1.82, 2.24) is 5.32 Å². The molecule has 0 aromatic heterocycles. The highest BCUT2D eigenvalue weighted by molar-refractivity contribution is 7.92. The Balaban J connectivity index is 1.69. The van der Waals surface area contributed by atoms with Crippen LogP contribution in [0.1, 0.15) is 6.92 Å². The summed E-state index contributed by atoms with van der Waals surface area (Å²) in [6.07, 6.45) is 0. The van der Waals surface area contributed by atoms with Gasteiger partial charge in [-0.3, -0.25) is 9.52 Å². The standard InChI is InChI=1S/C18H19F2N3O3S/c1-11(12-9-21-10-12)18(24)22-14-3-5-15(6-4-14)27(25,26)23-17-7-2-13(19)8-16(17)20/h2-8,11-12,21,23H,9-10H2,1H3,(H,22,24). The number of nitrogens with one attached hydrogen (secondary N) is 3. The Morgan fingerprint density at radius 1 is 1.15 bits per heavy atom. The van der Waals surface area contributed by atoms with Gasteiger partial charge in [-0.1, -0.05) is 6.92 Å². The highest BCUT2D eigenvalue weighted by Crippen LogP contribution is 2.22. The van der Waals surface area contributed by atoms with Gasteiger partial charge in [0.2, 0.25) is 5.91 Å². The molecule has 1 fully saturated rings. The predicted octanol–water partition coefficient (Wildman–Crippen LogP) is 2.56. The number of hydrogen-bond acceptors (Lipinski definition) is 4. The van der Waals surface area contributed by atoms with Gasteiger partial charge in [0.25, 0.3) is 10.0 Å². The molecular formula is C18H19F2N3O3S. The monoisotopic (exact) mass is 395 g/mol. The maximum atomic E-state index is 13.7. The van der Waals surface area contributed by atoms with Crippen molar-refractivity contribution in [2.24, 2.45) is 11.8 Å². The van der Waals surface area contributed by atoms with Crippen molar-refractivity contribution in [2.75, 3.05) is 23.1 Å². The Hall–Kier alpha value is -2.52. The fourth-order valence-electron chi connectivity index (χ4n) is 2.63. The van der Waals surface area contributed by atoms with Crippen LogP contribution in [0, 0.1) is 23.5 Å². The first-order valence-electron chi connectivity index (χ1n) is 8.36. The molecule has 0 spiro atoms. The number of anilines is 2. The van der Waals surface area contributed by atoms with Crippen LogP contribution < -0.4 is 15.4 Å². The molecule has 1 atom stereocenters. The summed E-state index contributed by atoms with van der Waals surface area (Å²) in [5, 5.41) is 5.86. The van der Waals surface area contributed by atoms with Crippen molar-refractivity contribution < 1.29 is 22.0 Å². The summed E-state index contributed by atoms with van der Waals surface area (Å²) in [5.41, 5.74) is 0.114. The summed E-state index contributed by atoms with van der Waals surface area (Å²) in [7, 11) is -4.05. The van der Waals surface area contributed by atoms with Gasteiger partial charge in [0.1, 0.15) is 11.6 Å². The number of sulfonamides is 1. The Labute approximate surface area is 156 Å². The molecular weight excluding hydrogens is 376 g/mol. The molecule has 3 N–H and O–H groups in total. The average molecular weight is 395 g/mol. The van der Waals surface area contributed by atoms with E-state index >= 15 is 0 Å². The fourth-order valence-corrected chi connectivity index (χ4v) is 3.70. The smallest absolute Gasteiger partial charge is 0.261 e. The van der Waals surface area contributed by atoms with E-state index in [4.69, 9.17) is 0 Å². The fraction of sp³-hybridized carbons (Fsp3) is 0.278. The SMILES string of the molecule is CC(C(=O)Nc1ccc(S(=O)(=O)Nc2ccc(F)cc2F)cc1)C1CNC1. The maximum absolute atomic E-state index is 13.7. The molecule has 144 valence electrons. The Morgan fingerprint density at radius 3 is 2.37 bits per heavy atom. The molecule has 0 radical (unpaired) electrons. The maximum Gasteiger partial charge on any atom is 0.261 e. The van der Waals surface area contributed by atoms with Crippen LogP contribution in [0.25, 0.3) is 0 Å². The number of amides is 1. The summed E-state index contributed by atoms with van der Waals surface area (Å²) in [5.74, 6) is -1.81. The number of rotatable bonds is 6. The minimum absolute atomic E-state index is 0.111. The van der Waals surface area contributed by atoms with E-state index in [1.165, 1.54) is 24.3 Å². The third kappa shape index (κ3) is 4.42. The lowest BCUT2D eigenvalue weighted by molar-refractivity contribution is -0.121. The highest BCUT2D eigenvalue weighted by Gasteiger charge is 2.28. The zero-order valence-corrected chi connectivity index (χ0v) is 15.3. The van der Waals surface area contributed by atoms with Crippen molar-refractivity contribution in [1.29, 1.82) is 0 Å². The molecule has 2 aromatic carbocycles. The molecule has 2 aromatic rings. The van der Waals surface area contributed by atoms with Crippen molar-refractivity contribution >= 4 is 27.3 Å². The number of carbonyl (C=O) groups is 1. The van der Waals surface area contributed by atoms with Gasteiger partial charge in [0.05, 0.1) is 10.6 Å². The van der Waals surface area contributed by atoms with Gasteiger partial charge in [-0.05, 0) is 55.4 Å². The van der Waals surface area contributed by atoms with Gasteiger partial charge in [0, 0.05) is 17.7 Å². The Morgan fingerprint density at radius 2 is 1.81 bits per heavy atom. The van der Waals surface area contributed by atoms with Gasteiger partial charge in [-0.25, -0.2) is 17.2 Å². The molecule has 0 aliphatic carbocycles. The van der Waals surface area contributed by atoms with Gasteiger partial charge in [0.15, 0.2) is 0 Å². The van der Waals surface area contributed by atoms with Crippen LogP contribution in [0.15, 0.2) is 47.4 Å². The molecule has 1 saturated heterocycles. The zero-order valence-electron chi connectivity index (χ0n) is 14.5. The quantitative estimate of drug-likeness (QED) is 0.702. The molecule has 1 amide bonds. The predicted molar refractivity (Wildman–Crippen MR) is 97.8 cm³/mol. The summed E-state index contributed by atoms with van der Waals surface area (Å²) >= 11 is 0. The average Bonchev–Trinajstić information content (AvgIpc) is 2.56. The van der Waals surface area contributed by atoms with E-state index in [9.17, 15) is 22.0 Å². The van der Waals surface area contributed by atoms with Crippen molar-refractivity contribution in [2.45, 2.75) is 11.8 Å². The third-order valence-corrected chi connectivity index (χ3v) is 5.92. The van der Waals surface area contributed by atoms with Crippen LogP contribution in [0.4, 0.5) is 20.2 Å². The lowest BCUT2D eigenvalue weighted by atomic mass is 9.88. The second-order valence-corrected chi connectivity index (χ2v) is 8.13. The van der Waals surface area contributed by atoms with E-state index in [1.54, 1.807) is 0 Å². The minimum Gasteiger partial charge on any atom is -0.326 e. The first-order valence-corrected chi connectivity index (χ1v) is 9.84. The Kier molecular flexibility index (Phi) is 5.43. The van der Waals surface area contributed by atoms with E-state index in [0.717, 1.165) is 25.2 Å². The first-order chi connectivity index (χ1) is 12.8. The van der Waals surface area contributed by atoms with E-state index in [-0.39, 0.29) is 22.4 Å². The van der Waals surface area contributed by atoms with Gasteiger partial charge < -0.3 is 10.6 Å². The van der Waals surface area contributed by atoms with Crippen LogP contribution >= 0.6 is 0 Å². The van der Waals surface area contributed by atoms with Crippen LogP contribution in [-0.2, 0) is 14.8 Å². The first kappa shape index (κ1) is 19.2. The second-order valence-electron chi connectivity index (χ2n) is 6.45. The molecule has 9 heteroatoms. The van der Waals surface area contributed by atoms with Crippen LogP contribution in [0.2, 0.25) is 0 Å². The number of halogens is 2. The number of hydrogen-bond donors (Lipinski definition) is 3. The van der Waals surface area contributed by atoms with Crippen molar-refractivity contribution in [3.63, 3.8) is 0 Å². The summed E-state index contributed by atoms with van der Waals surface area (Å²) < 4.78 is 53.4. The summed E-state index contributed by atoms with van der Waals surface area (Å²) in [4.78, 5) is 12.1. The lowest BCUT2D eigenvalue weighted by Gasteiger charge is -2.31. The molecule has 1 heterocycles. The van der Waals surface area contributed by atoms with Crippen LogP contribution in [0.5, 0.6) is 0 Å². The van der Waals surface area contributed by atoms with Crippen LogP contribution in [0.3, 0.4) is 0 Å². The molecule has 3 rings (SSSR count). The van der Waals surface area contributed by atoms with Crippen LogP contribution in [-0.4, -0.2) is 27.4 Å². The molecule has 1 unspecified atom stereocenters. The minimum atomic E-state index is -4.05. The van der Waals surface area contributed by atoms with E-state index in [0.29, 0.717) is 17.7 Å². The van der Waals surface area contributed by atoms with E-state index in [1.807, 2.05) is 6.92 Å². The zero-order chi connectivity index (χ0) is 19.6. The number of carbonyl (C=O) groups excluding carboxylic acids is 1. The topological polar surface area (TPSA) is 87.3 Å². The van der Waals surface area contributed by atoms with Crippen molar-refractivity contribution in [3.05, 3.63) is 54.1 Å². The second kappa shape index (κ2) is 7.61. The molecule has 0 bridgehead atoms. The molecule has 6 nitrogen and oxygen atoms in total. The molecule has 0 saturated carbocycles.